The van der Waals surface area contributed by atoms with Gasteiger partial charge < -0.3 is 8.83 Å². The van der Waals surface area contributed by atoms with Crippen LogP contribution in [0.3, 0.4) is 0 Å². The molecule has 0 spiro atoms. The zero-order valence-corrected chi connectivity index (χ0v) is 62.6. The molecular formula is C108H66N6O2. The van der Waals surface area contributed by atoms with Crippen LogP contribution in [-0.2, 0) is 0 Å². The van der Waals surface area contributed by atoms with Crippen molar-refractivity contribution in [1.29, 1.82) is 0 Å². The minimum Gasteiger partial charge on any atom is -0.455 e. The summed E-state index contributed by atoms with van der Waals surface area (Å²) in [5.41, 5.74) is 25.3. The summed E-state index contributed by atoms with van der Waals surface area (Å²) in [6, 6.07) is 140. The second-order valence-corrected chi connectivity index (χ2v) is 29.4. The number of fused-ring (bicyclic) bond motifs is 16. The average Bonchev–Trinajstić information content (AvgIpc) is 1.44. The Hall–Kier alpha value is -15.6. The van der Waals surface area contributed by atoms with E-state index in [1.165, 1.54) is 48.8 Å². The number of furan rings is 2. The molecule has 0 saturated heterocycles. The van der Waals surface area contributed by atoms with E-state index >= 15 is 0 Å². The zero-order chi connectivity index (χ0) is 76.6. The van der Waals surface area contributed by atoms with E-state index in [-0.39, 0.29) is 0 Å². The number of nitrogens with zero attached hydrogens (tertiary/aromatic N) is 6. The Balaban J connectivity index is 0.000000141. The summed E-state index contributed by atoms with van der Waals surface area (Å²) in [6.07, 6.45) is 0. The molecule has 540 valence electrons. The van der Waals surface area contributed by atoms with Crippen LogP contribution in [0, 0.1) is 0 Å². The van der Waals surface area contributed by atoms with Crippen molar-refractivity contribution in [2.24, 2.45) is 0 Å². The van der Waals surface area contributed by atoms with Crippen LogP contribution in [0.4, 0.5) is 0 Å². The van der Waals surface area contributed by atoms with Gasteiger partial charge in [-0.1, -0.05) is 352 Å². The monoisotopic (exact) mass is 1480 g/mol. The van der Waals surface area contributed by atoms with Crippen LogP contribution < -0.4 is 0 Å². The van der Waals surface area contributed by atoms with Crippen LogP contribution in [0.1, 0.15) is 0 Å². The molecule has 0 N–H and O–H groups in total. The summed E-state index contributed by atoms with van der Waals surface area (Å²) < 4.78 is 13.7. The van der Waals surface area contributed by atoms with Crippen molar-refractivity contribution in [3.8, 4) is 124 Å². The van der Waals surface area contributed by atoms with E-state index in [1.54, 1.807) is 0 Å². The van der Waals surface area contributed by atoms with Gasteiger partial charge in [-0.15, -0.1) is 0 Å². The molecule has 0 saturated carbocycles. The van der Waals surface area contributed by atoms with Crippen LogP contribution >= 0.6 is 0 Å². The van der Waals surface area contributed by atoms with E-state index in [0.717, 1.165) is 172 Å². The van der Waals surface area contributed by atoms with Gasteiger partial charge in [0.1, 0.15) is 22.3 Å². The number of benzene rings is 17. The SMILES string of the molecule is c1ccc(-c2cc(-c3ccccc3)nc(-c3ccc(-c4cccc5nc(-c6cc7ccccc7c7ccccc67)c6c7ccccc7oc6c45)cc3)n2)cc1.c1ccc(-c2ccc(-c3cc(-c4ccccc4)nc(-c4ccc(-c5cccc6nc(-c7cc8ccccc8c8ccccc78)c7c8ccccc8oc7c56)cc4)n3)cc2)cc1. The number of rotatable bonds is 11. The Morgan fingerprint density at radius 1 is 0.172 bits per heavy atom. The molecule has 0 radical (unpaired) electrons. The Bertz CT molecular complexity index is 7720. The first kappa shape index (κ1) is 67.3. The third-order valence-electron chi connectivity index (χ3n) is 22.6. The molecular weight excluding hydrogens is 1410 g/mol. The largest absolute Gasteiger partial charge is 0.455 e. The lowest BCUT2D eigenvalue weighted by atomic mass is 9.92. The standard InChI is InChI=1S/C57H35N3O.C51H31N3O/c1-3-14-36(15-4-1)37-26-30-40(31-27-37)51-35-50(39-16-5-2-6-17-39)59-57(60-51)41-32-28-38(29-33-41)44-23-13-24-49-53(44)56-54(47-22-11-12-25-52(47)61-56)55(58-49)48-34-42-18-7-8-19-43(42)45-20-9-10-21-46(45)48;1-3-14-33(15-4-1)44-31-45(34-16-5-2-6-17-34)54-51(53-44)35-28-26-32(27-29-35)38-23-13-24-43-47(38)50-48(41-22-11-12-25-46(41)55-50)49(52-43)42-30-36-18-7-8-19-37(36)39-20-9-10-21-40(39)42/h1-35H;1-31H. The van der Waals surface area contributed by atoms with Crippen LogP contribution in [0.15, 0.2) is 409 Å². The van der Waals surface area contributed by atoms with Gasteiger partial charge in [0, 0.05) is 55.3 Å². The van der Waals surface area contributed by atoms with Gasteiger partial charge in [0.25, 0.3) is 0 Å². The lowest BCUT2D eigenvalue weighted by Crippen LogP contribution is -1.96. The molecule has 116 heavy (non-hydrogen) atoms. The molecule has 23 aromatic rings. The highest BCUT2D eigenvalue weighted by atomic mass is 16.3. The van der Waals surface area contributed by atoms with Crippen LogP contribution in [0.25, 0.3) is 232 Å². The van der Waals surface area contributed by atoms with Crippen molar-refractivity contribution in [1.82, 2.24) is 29.9 Å². The fourth-order valence-corrected chi connectivity index (χ4v) is 17.0. The minimum atomic E-state index is 0.668. The molecule has 8 heteroatoms. The Morgan fingerprint density at radius 2 is 0.466 bits per heavy atom. The lowest BCUT2D eigenvalue weighted by molar-refractivity contribution is 0.672. The van der Waals surface area contributed by atoms with E-state index in [2.05, 4.69) is 322 Å². The molecule has 0 aliphatic rings. The second kappa shape index (κ2) is 28.3. The molecule has 0 bridgehead atoms. The molecule has 0 atom stereocenters. The minimum absolute atomic E-state index is 0.668. The van der Waals surface area contributed by atoms with Crippen LogP contribution in [0.5, 0.6) is 0 Å². The number of aromatic nitrogens is 6. The summed E-state index contributed by atoms with van der Waals surface area (Å²) >= 11 is 0. The van der Waals surface area contributed by atoms with Crippen molar-refractivity contribution >= 4 is 109 Å². The van der Waals surface area contributed by atoms with Crippen molar-refractivity contribution in [3.05, 3.63) is 400 Å². The molecule has 0 amide bonds. The fourth-order valence-electron chi connectivity index (χ4n) is 17.0. The van der Waals surface area contributed by atoms with Gasteiger partial charge in [0.15, 0.2) is 11.6 Å². The first-order valence-electron chi connectivity index (χ1n) is 39.1. The van der Waals surface area contributed by atoms with E-state index in [1.807, 2.05) is 78.9 Å². The van der Waals surface area contributed by atoms with Gasteiger partial charge in [-0.2, -0.15) is 0 Å². The maximum atomic E-state index is 6.87. The number of pyridine rings is 2. The molecule has 6 aromatic heterocycles. The second-order valence-electron chi connectivity index (χ2n) is 29.4. The molecule has 23 rings (SSSR count). The maximum absolute atomic E-state index is 6.87. The predicted octanol–water partition coefficient (Wildman–Crippen LogP) is 28.8. The lowest BCUT2D eigenvalue weighted by Gasteiger charge is -2.14. The zero-order valence-electron chi connectivity index (χ0n) is 62.6. The van der Waals surface area contributed by atoms with E-state index in [0.29, 0.717) is 11.6 Å². The highest BCUT2D eigenvalue weighted by molar-refractivity contribution is 6.27. The normalized spacial score (nSPS) is 11.6. The van der Waals surface area contributed by atoms with Crippen molar-refractivity contribution in [3.63, 3.8) is 0 Å². The van der Waals surface area contributed by atoms with Gasteiger partial charge in [0.05, 0.1) is 66.7 Å². The molecule has 0 aliphatic carbocycles. The quantitative estimate of drug-likeness (QED) is 0.118. The summed E-state index contributed by atoms with van der Waals surface area (Å²) in [5, 5.41) is 15.7. The van der Waals surface area contributed by atoms with Crippen molar-refractivity contribution in [2.75, 3.05) is 0 Å². The number of para-hydroxylation sites is 2. The van der Waals surface area contributed by atoms with Gasteiger partial charge in [-0.3, -0.25) is 0 Å². The molecule has 0 unspecified atom stereocenters. The highest BCUT2D eigenvalue weighted by Gasteiger charge is 2.26. The fraction of sp³-hybridized carbons (Fsp3) is 0. The average molecular weight is 1480 g/mol. The summed E-state index contributed by atoms with van der Waals surface area (Å²) in [4.78, 5) is 31.4. The molecule has 17 aromatic carbocycles. The smallest absolute Gasteiger partial charge is 0.160 e. The topological polar surface area (TPSA) is 104 Å². The summed E-state index contributed by atoms with van der Waals surface area (Å²) in [5.74, 6) is 1.35. The van der Waals surface area contributed by atoms with Gasteiger partial charge in [0.2, 0.25) is 0 Å². The summed E-state index contributed by atoms with van der Waals surface area (Å²) in [6.45, 7) is 0. The molecule has 8 nitrogen and oxygen atoms in total. The maximum Gasteiger partial charge on any atom is 0.160 e. The van der Waals surface area contributed by atoms with Crippen LogP contribution in [0.2, 0.25) is 0 Å². The Labute approximate surface area is 667 Å². The molecule has 0 fully saturated rings. The Morgan fingerprint density at radius 3 is 0.862 bits per heavy atom. The predicted molar refractivity (Wildman–Crippen MR) is 479 cm³/mol. The third kappa shape index (κ3) is 11.9. The third-order valence-corrected chi connectivity index (χ3v) is 22.6. The van der Waals surface area contributed by atoms with E-state index < -0.39 is 0 Å². The summed E-state index contributed by atoms with van der Waals surface area (Å²) in [7, 11) is 0. The highest BCUT2D eigenvalue weighted by Crippen LogP contribution is 2.49. The first-order valence-corrected chi connectivity index (χ1v) is 39.1. The number of hydrogen-bond acceptors (Lipinski definition) is 8. The van der Waals surface area contributed by atoms with Crippen LogP contribution in [-0.4, -0.2) is 29.9 Å². The van der Waals surface area contributed by atoms with E-state index in [4.69, 9.17) is 38.7 Å². The molecule has 0 aliphatic heterocycles. The molecule has 6 heterocycles. The number of hydrogen-bond donors (Lipinski definition) is 0. The van der Waals surface area contributed by atoms with Crippen molar-refractivity contribution < 1.29 is 8.83 Å². The first-order chi connectivity index (χ1) is 57.5. The van der Waals surface area contributed by atoms with Crippen molar-refractivity contribution in [2.45, 2.75) is 0 Å². The van der Waals surface area contributed by atoms with E-state index in [9.17, 15) is 0 Å². The Kier molecular flexibility index (Phi) is 16.4. The van der Waals surface area contributed by atoms with Gasteiger partial charge in [-0.25, -0.2) is 29.9 Å². The van der Waals surface area contributed by atoms with Gasteiger partial charge in [-0.05, 0) is 125 Å². The van der Waals surface area contributed by atoms with Gasteiger partial charge >= 0.3 is 0 Å².